The maximum Gasteiger partial charge on any atom is 0.278 e. The summed E-state index contributed by atoms with van der Waals surface area (Å²) < 4.78 is 0. The van der Waals surface area contributed by atoms with E-state index >= 15 is 0 Å². The molecule has 0 heterocycles. The highest BCUT2D eigenvalue weighted by atomic mass is 16.2. The van der Waals surface area contributed by atoms with Crippen LogP contribution < -0.4 is 10.2 Å². The molecule has 1 saturated carbocycles. The molecule has 1 aliphatic carbocycles. The molecule has 6 heteroatoms. The van der Waals surface area contributed by atoms with Crippen LogP contribution >= 0.6 is 0 Å². The summed E-state index contributed by atoms with van der Waals surface area (Å²) in [5.41, 5.74) is -0.939. The van der Waals surface area contributed by atoms with Crippen molar-refractivity contribution >= 4 is 11.8 Å². The van der Waals surface area contributed by atoms with Crippen molar-refractivity contribution in [1.29, 1.82) is 5.26 Å². The van der Waals surface area contributed by atoms with Crippen molar-refractivity contribution in [2.45, 2.75) is 70.9 Å². The van der Waals surface area contributed by atoms with Crippen LogP contribution in [-0.2, 0) is 9.59 Å². The van der Waals surface area contributed by atoms with E-state index in [4.69, 9.17) is 0 Å². The van der Waals surface area contributed by atoms with E-state index in [9.17, 15) is 14.9 Å². The topological polar surface area (TPSA) is 77.6 Å². The number of hydrogen-bond donors (Lipinski definition) is 2. The SMILES string of the molecule is CC[NH+](CC(=O)NC(C)(C)C)CC(=O)N(C)C1(C#N)CCCCC1. The van der Waals surface area contributed by atoms with Crippen LogP contribution in [0.15, 0.2) is 0 Å². The van der Waals surface area contributed by atoms with Gasteiger partial charge < -0.3 is 15.1 Å². The van der Waals surface area contributed by atoms with E-state index in [1.165, 1.54) is 0 Å². The average molecular weight is 337 g/mol. The van der Waals surface area contributed by atoms with Crippen LogP contribution in [0.25, 0.3) is 0 Å². The zero-order valence-corrected chi connectivity index (χ0v) is 15.9. The van der Waals surface area contributed by atoms with Gasteiger partial charge in [-0.05, 0) is 40.5 Å². The molecule has 0 aromatic heterocycles. The van der Waals surface area contributed by atoms with Gasteiger partial charge in [0.05, 0.1) is 12.6 Å². The molecule has 6 nitrogen and oxygen atoms in total. The first-order valence-corrected chi connectivity index (χ1v) is 8.96. The van der Waals surface area contributed by atoms with Crippen molar-refractivity contribution in [3.8, 4) is 6.07 Å². The summed E-state index contributed by atoms with van der Waals surface area (Å²) in [6, 6.07) is 2.38. The van der Waals surface area contributed by atoms with Crippen molar-refractivity contribution in [1.82, 2.24) is 10.2 Å². The molecule has 2 amide bonds. The van der Waals surface area contributed by atoms with Gasteiger partial charge in [-0.1, -0.05) is 19.3 Å². The lowest BCUT2D eigenvalue weighted by Gasteiger charge is -2.39. The Bertz CT molecular complexity index is 484. The van der Waals surface area contributed by atoms with Gasteiger partial charge in [0, 0.05) is 12.6 Å². The molecule has 1 unspecified atom stereocenters. The highest BCUT2D eigenvalue weighted by molar-refractivity contribution is 5.80. The Hall–Kier alpha value is -1.61. The highest BCUT2D eigenvalue weighted by Crippen LogP contribution is 2.32. The predicted molar refractivity (Wildman–Crippen MR) is 93.3 cm³/mol. The molecule has 24 heavy (non-hydrogen) atoms. The van der Waals surface area contributed by atoms with Crippen LogP contribution in [0.3, 0.4) is 0 Å². The predicted octanol–water partition coefficient (Wildman–Crippen LogP) is 0.491. The minimum atomic E-state index is -0.665. The Morgan fingerprint density at radius 2 is 1.79 bits per heavy atom. The van der Waals surface area contributed by atoms with Gasteiger partial charge in [-0.2, -0.15) is 5.26 Å². The van der Waals surface area contributed by atoms with Gasteiger partial charge >= 0.3 is 0 Å². The van der Waals surface area contributed by atoms with E-state index in [-0.39, 0.29) is 30.4 Å². The Kier molecular flexibility index (Phi) is 7.22. The van der Waals surface area contributed by atoms with Crippen LogP contribution in [0.4, 0.5) is 0 Å². The average Bonchev–Trinajstić information content (AvgIpc) is 2.52. The molecule has 0 spiro atoms. The zero-order chi connectivity index (χ0) is 18.4. The second-order valence-corrected chi connectivity index (χ2v) is 7.91. The van der Waals surface area contributed by atoms with E-state index in [1.54, 1.807) is 11.9 Å². The third-order valence-corrected chi connectivity index (χ3v) is 4.73. The molecule has 0 aliphatic heterocycles. The Labute approximate surface area is 146 Å². The lowest BCUT2D eigenvalue weighted by Crippen LogP contribution is -3.14. The van der Waals surface area contributed by atoms with Crippen LogP contribution in [0.2, 0.25) is 0 Å². The maximum absolute atomic E-state index is 12.7. The van der Waals surface area contributed by atoms with Crippen molar-refractivity contribution in [2.75, 3.05) is 26.7 Å². The van der Waals surface area contributed by atoms with Crippen molar-refractivity contribution in [3.05, 3.63) is 0 Å². The number of rotatable bonds is 6. The van der Waals surface area contributed by atoms with Crippen molar-refractivity contribution < 1.29 is 14.5 Å². The Morgan fingerprint density at radius 3 is 2.25 bits per heavy atom. The first-order valence-electron chi connectivity index (χ1n) is 8.96. The largest absolute Gasteiger partial charge is 0.347 e. The minimum Gasteiger partial charge on any atom is -0.347 e. The van der Waals surface area contributed by atoms with Gasteiger partial charge in [0.25, 0.3) is 11.8 Å². The fraction of sp³-hybridized carbons (Fsp3) is 0.833. The number of carbonyl (C=O) groups excluding carboxylic acids is 2. The highest BCUT2D eigenvalue weighted by Gasteiger charge is 2.39. The number of likely N-dealkylation sites (N-methyl/N-ethyl adjacent to an activating group) is 2. The molecule has 0 aromatic rings. The number of nitrogens with zero attached hydrogens (tertiary/aromatic N) is 2. The number of hydrogen-bond acceptors (Lipinski definition) is 3. The molecular weight excluding hydrogens is 304 g/mol. The van der Waals surface area contributed by atoms with Gasteiger partial charge in [0.1, 0.15) is 5.54 Å². The summed E-state index contributed by atoms with van der Waals surface area (Å²) in [6.07, 6.45) is 4.60. The number of quaternary nitrogens is 1. The molecule has 0 bridgehead atoms. The fourth-order valence-electron chi connectivity index (χ4n) is 3.23. The third kappa shape index (κ3) is 5.79. The number of nitriles is 1. The lowest BCUT2D eigenvalue weighted by atomic mass is 9.81. The molecule has 1 fully saturated rings. The molecule has 2 N–H and O–H groups in total. The smallest absolute Gasteiger partial charge is 0.278 e. The van der Waals surface area contributed by atoms with Crippen molar-refractivity contribution in [2.24, 2.45) is 0 Å². The summed E-state index contributed by atoms with van der Waals surface area (Å²) in [5, 5.41) is 12.5. The summed E-state index contributed by atoms with van der Waals surface area (Å²) in [4.78, 5) is 27.3. The number of carbonyl (C=O) groups is 2. The number of nitrogens with one attached hydrogen (secondary N) is 2. The van der Waals surface area contributed by atoms with Crippen LogP contribution in [-0.4, -0.2) is 54.5 Å². The minimum absolute atomic E-state index is 0.0533. The lowest BCUT2D eigenvalue weighted by molar-refractivity contribution is -0.882. The monoisotopic (exact) mass is 337 g/mol. The van der Waals surface area contributed by atoms with Gasteiger partial charge in [-0.25, -0.2) is 0 Å². The summed E-state index contributed by atoms with van der Waals surface area (Å²) >= 11 is 0. The van der Waals surface area contributed by atoms with Crippen LogP contribution in [0.1, 0.15) is 59.8 Å². The zero-order valence-electron chi connectivity index (χ0n) is 15.9. The molecule has 0 saturated heterocycles. The quantitative estimate of drug-likeness (QED) is 0.740. The third-order valence-electron chi connectivity index (χ3n) is 4.73. The van der Waals surface area contributed by atoms with E-state index in [2.05, 4.69) is 11.4 Å². The molecule has 0 radical (unpaired) electrons. The van der Waals surface area contributed by atoms with E-state index in [0.717, 1.165) is 37.0 Å². The molecule has 1 atom stereocenters. The van der Waals surface area contributed by atoms with E-state index in [0.29, 0.717) is 6.54 Å². The standard InChI is InChI=1S/C18H32N4O2/c1-6-22(12-15(23)20-17(2,3)4)13-16(24)21(5)18(14-19)10-8-7-9-11-18/h6-13H2,1-5H3,(H,20,23)/p+1. The summed E-state index contributed by atoms with van der Waals surface area (Å²) in [7, 11) is 1.74. The molecule has 1 aliphatic rings. The maximum atomic E-state index is 12.7. The van der Waals surface area contributed by atoms with Gasteiger partial charge in [0.15, 0.2) is 13.1 Å². The van der Waals surface area contributed by atoms with E-state index in [1.807, 2.05) is 27.7 Å². The Morgan fingerprint density at radius 1 is 1.21 bits per heavy atom. The normalized spacial score (nSPS) is 18.3. The van der Waals surface area contributed by atoms with Crippen LogP contribution in [0.5, 0.6) is 0 Å². The van der Waals surface area contributed by atoms with Gasteiger partial charge in [-0.15, -0.1) is 0 Å². The van der Waals surface area contributed by atoms with Crippen LogP contribution in [0, 0.1) is 11.3 Å². The van der Waals surface area contributed by atoms with Gasteiger partial charge in [0.2, 0.25) is 0 Å². The Balaban J connectivity index is 2.66. The molecule has 0 aromatic carbocycles. The first kappa shape index (κ1) is 20.4. The molecule has 136 valence electrons. The summed E-state index contributed by atoms with van der Waals surface area (Å²) in [5.74, 6) is -0.110. The molecular formula is C18H33N4O2+. The van der Waals surface area contributed by atoms with Gasteiger partial charge in [-0.3, -0.25) is 9.59 Å². The van der Waals surface area contributed by atoms with E-state index < -0.39 is 5.54 Å². The molecule has 1 rings (SSSR count). The first-order chi connectivity index (χ1) is 11.1. The van der Waals surface area contributed by atoms with Crippen molar-refractivity contribution in [3.63, 3.8) is 0 Å². The number of amides is 2. The fourth-order valence-corrected chi connectivity index (χ4v) is 3.23. The second-order valence-electron chi connectivity index (χ2n) is 7.91. The summed E-state index contributed by atoms with van der Waals surface area (Å²) in [6.45, 7) is 8.99. The second kappa shape index (κ2) is 8.48.